The van der Waals surface area contributed by atoms with Gasteiger partial charge in [-0.1, -0.05) is 12.1 Å². The number of hydrogen-bond acceptors (Lipinski definition) is 4. The lowest BCUT2D eigenvalue weighted by atomic mass is 10.0. The zero-order valence-corrected chi connectivity index (χ0v) is 9.92. The Labute approximate surface area is 95.1 Å². The van der Waals surface area contributed by atoms with Gasteiger partial charge in [0.1, 0.15) is 0 Å². The molecule has 0 amide bonds. The van der Waals surface area contributed by atoms with E-state index in [9.17, 15) is 5.11 Å². The molecule has 0 fully saturated rings. The number of thioether (sulfide) groups is 1. The summed E-state index contributed by atoms with van der Waals surface area (Å²) < 4.78 is 0. The predicted molar refractivity (Wildman–Crippen MR) is 65.1 cm³/mol. The first kappa shape index (κ1) is 12.5. The van der Waals surface area contributed by atoms with Crippen molar-refractivity contribution in [1.82, 2.24) is 5.32 Å². The van der Waals surface area contributed by atoms with E-state index < -0.39 is 6.10 Å². The first-order valence-corrected chi connectivity index (χ1v) is 6.14. The fourth-order valence-corrected chi connectivity index (χ4v) is 1.94. The van der Waals surface area contributed by atoms with Crippen LogP contribution in [0.3, 0.4) is 0 Å². The van der Waals surface area contributed by atoms with Crippen molar-refractivity contribution in [2.75, 3.05) is 19.8 Å². The molecule has 0 aliphatic carbocycles. The van der Waals surface area contributed by atoms with Crippen molar-refractivity contribution in [3.8, 4) is 0 Å². The van der Waals surface area contributed by atoms with Crippen LogP contribution < -0.4 is 11.1 Å². The number of benzene rings is 1. The molecule has 1 aromatic carbocycles. The molecule has 2 atom stereocenters. The Morgan fingerprint density at radius 1 is 1.40 bits per heavy atom. The second-order valence-electron chi connectivity index (χ2n) is 3.34. The summed E-state index contributed by atoms with van der Waals surface area (Å²) in [5, 5.41) is 12.8. The maximum Gasteiger partial charge on any atom is 0.0856 e. The molecule has 0 radical (unpaired) electrons. The van der Waals surface area contributed by atoms with E-state index in [1.165, 1.54) is 4.90 Å². The largest absolute Gasteiger partial charge is 0.390 e. The van der Waals surface area contributed by atoms with Gasteiger partial charge in [0.05, 0.1) is 12.1 Å². The minimum Gasteiger partial charge on any atom is -0.390 e. The molecule has 4 heteroatoms. The van der Waals surface area contributed by atoms with E-state index in [0.717, 1.165) is 5.56 Å². The fourth-order valence-electron chi connectivity index (χ4n) is 1.53. The summed E-state index contributed by atoms with van der Waals surface area (Å²) in [6, 6.07) is 8.05. The van der Waals surface area contributed by atoms with Crippen LogP contribution in [0.25, 0.3) is 0 Å². The van der Waals surface area contributed by atoms with Crippen LogP contribution in [-0.4, -0.2) is 31.1 Å². The summed E-state index contributed by atoms with van der Waals surface area (Å²) in [4.78, 5) is 1.22. The molecule has 0 aliphatic heterocycles. The lowest BCUT2D eigenvalue weighted by Gasteiger charge is -2.21. The molecular weight excluding hydrogens is 208 g/mol. The third kappa shape index (κ3) is 3.21. The number of likely N-dealkylation sites (N-methyl/N-ethyl adjacent to an activating group) is 1. The number of rotatable bonds is 5. The van der Waals surface area contributed by atoms with E-state index in [-0.39, 0.29) is 12.6 Å². The molecule has 84 valence electrons. The quantitative estimate of drug-likeness (QED) is 0.655. The highest BCUT2D eigenvalue weighted by molar-refractivity contribution is 7.98. The van der Waals surface area contributed by atoms with Gasteiger partial charge in [0.15, 0.2) is 0 Å². The molecular formula is C11H18N2OS. The summed E-state index contributed by atoms with van der Waals surface area (Å²) in [6.45, 7) is 0.260. The average molecular weight is 226 g/mol. The lowest BCUT2D eigenvalue weighted by Crippen LogP contribution is -2.34. The normalized spacial score (nSPS) is 14.9. The van der Waals surface area contributed by atoms with Gasteiger partial charge >= 0.3 is 0 Å². The molecule has 4 N–H and O–H groups in total. The van der Waals surface area contributed by atoms with Crippen molar-refractivity contribution < 1.29 is 5.11 Å². The van der Waals surface area contributed by atoms with Gasteiger partial charge in [0.25, 0.3) is 0 Å². The van der Waals surface area contributed by atoms with Crippen molar-refractivity contribution >= 4 is 11.8 Å². The number of hydrogen-bond donors (Lipinski definition) is 3. The smallest absolute Gasteiger partial charge is 0.0856 e. The van der Waals surface area contributed by atoms with Crippen molar-refractivity contribution in [2.45, 2.75) is 17.0 Å². The Kier molecular flexibility index (Phi) is 5.11. The molecule has 0 heterocycles. The summed E-state index contributed by atoms with van der Waals surface area (Å²) in [7, 11) is 1.83. The number of aliphatic hydroxyl groups excluding tert-OH is 1. The number of nitrogens with two attached hydrogens (primary N) is 1. The first-order valence-electron chi connectivity index (χ1n) is 4.92. The molecule has 1 rings (SSSR count). The van der Waals surface area contributed by atoms with E-state index >= 15 is 0 Å². The predicted octanol–water partition coefficient (Wildman–Crippen LogP) is 0.989. The highest BCUT2D eigenvalue weighted by atomic mass is 32.2. The van der Waals surface area contributed by atoms with Crippen LogP contribution in [0.4, 0.5) is 0 Å². The third-order valence-electron chi connectivity index (χ3n) is 2.41. The Bertz CT molecular complexity index is 289. The van der Waals surface area contributed by atoms with Crippen LogP contribution in [0.1, 0.15) is 11.6 Å². The summed E-state index contributed by atoms with van der Waals surface area (Å²) >= 11 is 1.70. The molecule has 0 bridgehead atoms. The SMILES string of the molecule is CNC(c1ccc(SC)cc1)C(O)CN. The van der Waals surface area contributed by atoms with Gasteiger partial charge in [-0.3, -0.25) is 0 Å². The monoisotopic (exact) mass is 226 g/mol. The third-order valence-corrected chi connectivity index (χ3v) is 3.16. The van der Waals surface area contributed by atoms with Gasteiger partial charge in [-0.25, -0.2) is 0 Å². The average Bonchev–Trinajstić information content (AvgIpc) is 2.30. The fraction of sp³-hybridized carbons (Fsp3) is 0.455. The van der Waals surface area contributed by atoms with Crippen LogP contribution in [0.15, 0.2) is 29.2 Å². The molecule has 15 heavy (non-hydrogen) atoms. The molecule has 0 saturated heterocycles. The lowest BCUT2D eigenvalue weighted by molar-refractivity contribution is 0.139. The van der Waals surface area contributed by atoms with E-state index in [0.29, 0.717) is 0 Å². The van der Waals surface area contributed by atoms with Crippen LogP contribution >= 0.6 is 11.8 Å². The molecule has 0 aliphatic rings. The zero-order valence-electron chi connectivity index (χ0n) is 9.10. The second kappa shape index (κ2) is 6.12. The summed E-state index contributed by atoms with van der Waals surface area (Å²) in [5.41, 5.74) is 6.51. The molecule has 3 nitrogen and oxygen atoms in total. The Balaban J connectivity index is 2.83. The maximum atomic E-state index is 9.70. The van der Waals surface area contributed by atoms with Crippen LogP contribution in [0, 0.1) is 0 Å². The van der Waals surface area contributed by atoms with Gasteiger partial charge in [-0.15, -0.1) is 11.8 Å². The Morgan fingerprint density at radius 2 is 2.00 bits per heavy atom. The minimum absolute atomic E-state index is 0.0918. The van der Waals surface area contributed by atoms with Gasteiger partial charge in [0, 0.05) is 11.4 Å². The zero-order chi connectivity index (χ0) is 11.3. The standard InChI is InChI=1S/C11H18N2OS/c1-13-11(10(14)7-12)8-3-5-9(15-2)6-4-8/h3-6,10-11,13-14H,7,12H2,1-2H3. The highest BCUT2D eigenvalue weighted by Gasteiger charge is 2.17. The maximum absolute atomic E-state index is 9.70. The van der Waals surface area contributed by atoms with Gasteiger partial charge in [-0.2, -0.15) is 0 Å². The van der Waals surface area contributed by atoms with Crippen LogP contribution in [0.2, 0.25) is 0 Å². The number of aliphatic hydroxyl groups is 1. The van der Waals surface area contributed by atoms with Gasteiger partial charge in [-0.05, 0) is 31.0 Å². The minimum atomic E-state index is -0.546. The van der Waals surface area contributed by atoms with E-state index in [2.05, 4.69) is 5.32 Å². The molecule has 0 spiro atoms. The summed E-state index contributed by atoms with van der Waals surface area (Å²) in [6.07, 6.45) is 1.49. The second-order valence-corrected chi connectivity index (χ2v) is 4.22. The van der Waals surface area contributed by atoms with E-state index in [4.69, 9.17) is 5.73 Å². The van der Waals surface area contributed by atoms with E-state index in [1.54, 1.807) is 11.8 Å². The highest BCUT2D eigenvalue weighted by Crippen LogP contribution is 2.20. The number of nitrogens with one attached hydrogen (secondary N) is 1. The first-order chi connectivity index (χ1) is 7.22. The molecule has 0 aromatic heterocycles. The van der Waals surface area contributed by atoms with Crippen LogP contribution in [-0.2, 0) is 0 Å². The van der Waals surface area contributed by atoms with Crippen molar-refractivity contribution in [3.05, 3.63) is 29.8 Å². The van der Waals surface area contributed by atoms with Gasteiger partial charge < -0.3 is 16.2 Å². The topological polar surface area (TPSA) is 58.3 Å². The summed E-state index contributed by atoms with van der Waals surface area (Å²) in [5.74, 6) is 0. The Morgan fingerprint density at radius 3 is 2.40 bits per heavy atom. The Hall–Kier alpha value is -0.550. The van der Waals surface area contributed by atoms with Gasteiger partial charge in [0.2, 0.25) is 0 Å². The van der Waals surface area contributed by atoms with E-state index in [1.807, 2.05) is 37.6 Å². The molecule has 1 aromatic rings. The van der Waals surface area contributed by atoms with Crippen molar-refractivity contribution in [3.63, 3.8) is 0 Å². The molecule has 0 saturated carbocycles. The van der Waals surface area contributed by atoms with Crippen LogP contribution in [0.5, 0.6) is 0 Å². The van der Waals surface area contributed by atoms with Crippen molar-refractivity contribution in [1.29, 1.82) is 0 Å². The van der Waals surface area contributed by atoms with Crippen molar-refractivity contribution in [2.24, 2.45) is 5.73 Å². The molecule has 2 unspecified atom stereocenters.